The summed E-state index contributed by atoms with van der Waals surface area (Å²) in [5.41, 5.74) is 0.277. The fraction of sp³-hybridized carbons (Fsp3) is 0.455. The zero-order valence-electron chi connectivity index (χ0n) is 8.73. The lowest BCUT2D eigenvalue weighted by atomic mass is 10.0. The monoisotopic (exact) mass is 213 g/mol. The normalized spacial score (nSPS) is 17.6. The first-order chi connectivity index (χ1) is 7.13. The average Bonchev–Trinajstić information content (AvgIpc) is 2.97. The van der Waals surface area contributed by atoms with Crippen LogP contribution in [0, 0.1) is 11.6 Å². The molecule has 0 aromatic heterocycles. The average molecular weight is 213 g/mol. The lowest BCUT2D eigenvalue weighted by Crippen LogP contribution is -2.25. The molecule has 0 amide bonds. The van der Waals surface area contributed by atoms with Crippen molar-refractivity contribution in [3.05, 3.63) is 29.3 Å². The molecule has 1 aromatic rings. The molecular weight excluding hydrogens is 200 g/mol. The maximum atomic E-state index is 13.4. The minimum atomic E-state index is -0.644. The number of nitrogens with one attached hydrogen (secondary N) is 1. The first-order valence-corrected chi connectivity index (χ1v) is 4.85. The van der Waals surface area contributed by atoms with Gasteiger partial charge in [0.15, 0.2) is 11.6 Å². The molecule has 0 unspecified atom stereocenters. The Bertz CT molecular complexity index is 388. The Kier molecular flexibility index (Phi) is 2.38. The van der Waals surface area contributed by atoms with Crippen LogP contribution in [-0.4, -0.2) is 14.2 Å². The molecule has 0 aliphatic heterocycles. The number of ether oxygens (including phenoxy) is 1. The summed E-state index contributed by atoms with van der Waals surface area (Å²) in [4.78, 5) is 0. The molecule has 4 heteroatoms. The first kappa shape index (κ1) is 10.4. The summed E-state index contributed by atoms with van der Waals surface area (Å²) in [5, 5.41) is 3.08. The molecule has 1 fully saturated rings. The van der Waals surface area contributed by atoms with E-state index in [9.17, 15) is 8.78 Å². The zero-order chi connectivity index (χ0) is 11.1. The van der Waals surface area contributed by atoms with Crippen molar-refractivity contribution in [3.8, 4) is 5.75 Å². The van der Waals surface area contributed by atoms with Crippen LogP contribution in [-0.2, 0) is 5.54 Å². The quantitative estimate of drug-likeness (QED) is 0.831. The third kappa shape index (κ3) is 1.59. The van der Waals surface area contributed by atoms with Crippen LogP contribution < -0.4 is 10.1 Å². The standard InChI is InChI=1S/C11H13F2NO/c1-14-11(3-4-11)8-5-7(12)6-9(13)10(8)15-2/h5-6,14H,3-4H2,1-2H3. The van der Waals surface area contributed by atoms with E-state index in [1.54, 1.807) is 7.05 Å². The second kappa shape index (κ2) is 3.45. The summed E-state index contributed by atoms with van der Waals surface area (Å²) in [6.45, 7) is 0. The van der Waals surface area contributed by atoms with Gasteiger partial charge in [-0.2, -0.15) is 0 Å². The second-order valence-corrected chi connectivity index (χ2v) is 3.80. The summed E-state index contributed by atoms with van der Waals surface area (Å²) in [6, 6.07) is 2.18. The summed E-state index contributed by atoms with van der Waals surface area (Å²) in [6.07, 6.45) is 1.76. The van der Waals surface area contributed by atoms with Gasteiger partial charge in [-0.25, -0.2) is 8.78 Å². The van der Waals surface area contributed by atoms with Crippen molar-refractivity contribution < 1.29 is 13.5 Å². The van der Waals surface area contributed by atoms with Crippen molar-refractivity contribution in [1.29, 1.82) is 0 Å². The first-order valence-electron chi connectivity index (χ1n) is 4.85. The highest BCUT2D eigenvalue weighted by Gasteiger charge is 2.45. The van der Waals surface area contributed by atoms with Gasteiger partial charge in [-0.1, -0.05) is 0 Å². The Morgan fingerprint density at radius 2 is 2.00 bits per heavy atom. The van der Waals surface area contributed by atoms with E-state index in [0.29, 0.717) is 5.56 Å². The molecule has 0 bridgehead atoms. The molecule has 15 heavy (non-hydrogen) atoms. The number of hydrogen-bond acceptors (Lipinski definition) is 2. The SMILES string of the molecule is CNC1(c2cc(F)cc(F)c2OC)CC1. The van der Waals surface area contributed by atoms with E-state index in [1.165, 1.54) is 13.2 Å². The van der Waals surface area contributed by atoms with Crippen LogP contribution in [0.25, 0.3) is 0 Å². The Morgan fingerprint density at radius 1 is 1.33 bits per heavy atom. The van der Waals surface area contributed by atoms with E-state index in [0.717, 1.165) is 18.9 Å². The predicted octanol–water partition coefficient (Wildman–Crippen LogP) is 2.18. The van der Waals surface area contributed by atoms with Gasteiger partial charge in [-0.15, -0.1) is 0 Å². The maximum Gasteiger partial charge on any atom is 0.168 e. The summed E-state index contributed by atoms with van der Waals surface area (Å²) >= 11 is 0. The van der Waals surface area contributed by atoms with Crippen LogP contribution >= 0.6 is 0 Å². The Hall–Kier alpha value is -1.16. The van der Waals surface area contributed by atoms with Gasteiger partial charge >= 0.3 is 0 Å². The molecule has 2 nitrogen and oxygen atoms in total. The molecule has 0 atom stereocenters. The van der Waals surface area contributed by atoms with Gasteiger partial charge in [-0.05, 0) is 26.0 Å². The maximum absolute atomic E-state index is 13.4. The van der Waals surface area contributed by atoms with Crippen molar-refractivity contribution in [3.63, 3.8) is 0 Å². The molecule has 1 aliphatic rings. The minimum Gasteiger partial charge on any atom is -0.493 e. The third-order valence-corrected chi connectivity index (χ3v) is 2.96. The zero-order valence-corrected chi connectivity index (χ0v) is 8.73. The summed E-state index contributed by atoms with van der Waals surface area (Å²) < 4.78 is 31.5. The van der Waals surface area contributed by atoms with Gasteiger partial charge in [0, 0.05) is 17.2 Å². The topological polar surface area (TPSA) is 21.3 Å². The van der Waals surface area contributed by atoms with E-state index < -0.39 is 11.6 Å². The molecule has 1 aliphatic carbocycles. The van der Waals surface area contributed by atoms with E-state index in [4.69, 9.17) is 4.74 Å². The van der Waals surface area contributed by atoms with E-state index in [-0.39, 0.29) is 11.3 Å². The van der Waals surface area contributed by atoms with Crippen LogP contribution in [0.1, 0.15) is 18.4 Å². The highest BCUT2D eigenvalue weighted by Crippen LogP contribution is 2.49. The molecule has 0 heterocycles. The fourth-order valence-corrected chi connectivity index (χ4v) is 1.90. The van der Waals surface area contributed by atoms with Crippen molar-refractivity contribution in [2.45, 2.75) is 18.4 Å². The Morgan fingerprint density at radius 3 is 2.47 bits per heavy atom. The fourth-order valence-electron chi connectivity index (χ4n) is 1.90. The van der Waals surface area contributed by atoms with Crippen LogP contribution in [0.15, 0.2) is 12.1 Å². The number of methoxy groups -OCH3 is 1. The molecule has 2 rings (SSSR count). The summed E-state index contributed by atoms with van der Waals surface area (Å²) in [5.74, 6) is -1.07. The molecule has 0 spiro atoms. The van der Waals surface area contributed by atoms with Crippen molar-refractivity contribution >= 4 is 0 Å². The Labute approximate surface area is 87.2 Å². The molecular formula is C11H13F2NO. The lowest BCUT2D eigenvalue weighted by Gasteiger charge is -2.18. The van der Waals surface area contributed by atoms with Crippen molar-refractivity contribution in [2.75, 3.05) is 14.2 Å². The molecule has 1 aromatic carbocycles. The molecule has 82 valence electrons. The number of hydrogen-bond donors (Lipinski definition) is 1. The van der Waals surface area contributed by atoms with E-state index in [1.807, 2.05) is 0 Å². The van der Waals surface area contributed by atoms with Gasteiger partial charge in [0.1, 0.15) is 5.82 Å². The highest BCUT2D eigenvalue weighted by atomic mass is 19.1. The molecule has 0 saturated heterocycles. The van der Waals surface area contributed by atoms with Crippen LogP contribution in [0.2, 0.25) is 0 Å². The molecule has 1 N–H and O–H groups in total. The number of halogens is 2. The van der Waals surface area contributed by atoms with Gasteiger partial charge in [-0.3, -0.25) is 0 Å². The van der Waals surface area contributed by atoms with Crippen LogP contribution in [0.3, 0.4) is 0 Å². The van der Waals surface area contributed by atoms with Crippen molar-refractivity contribution in [2.24, 2.45) is 0 Å². The minimum absolute atomic E-state index is 0.142. The summed E-state index contributed by atoms with van der Waals surface area (Å²) in [7, 11) is 3.18. The van der Waals surface area contributed by atoms with Gasteiger partial charge in [0.25, 0.3) is 0 Å². The van der Waals surface area contributed by atoms with E-state index >= 15 is 0 Å². The van der Waals surface area contributed by atoms with Gasteiger partial charge in [0.2, 0.25) is 0 Å². The van der Waals surface area contributed by atoms with Crippen LogP contribution in [0.5, 0.6) is 5.75 Å². The van der Waals surface area contributed by atoms with Crippen molar-refractivity contribution in [1.82, 2.24) is 5.32 Å². The smallest absolute Gasteiger partial charge is 0.168 e. The predicted molar refractivity (Wildman–Crippen MR) is 52.9 cm³/mol. The third-order valence-electron chi connectivity index (χ3n) is 2.96. The second-order valence-electron chi connectivity index (χ2n) is 3.80. The highest BCUT2D eigenvalue weighted by molar-refractivity contribution is 5.44. The largest absolute Gasteiger partial charge is 0.493 e. The molecule has 1 saturated carbocycles. The Balaban J connectivity index is 2.54. The van der Waals surface area contributed by atoms with Crippen LogP contribution in [0.4, 0.5) is 8.78 Å². The number of rotatable bonds is 3. The molecule has 0 radical (unpaired) electrons. The van der Waals surface area contributed by atoms with Gasteiger partial charge < -0.3 is 10.1 Å². The van der Waals surface area contributed by atoms with Gasteiger partial charge in [0.05, 0.1) is 7.11 Å². The number of benzene rings is 1. The lowest BCUT2D eigenvalue weighted by molar-refractivity contribution is 0.369. The van der Waals surface area contributed by atoms with E-state index in [2.05, 4.69) is 5.32 Å².